The quantitative estimate of drug-likeness (QED) is 0.242. The number of halogens is 6. The van der Waals surface area contributed by atoms with E-state index in [1.54, 1.807) is 17.7 Å². The molecular weight excluding hydrogens is 569 g/mol. The summed E-state index contributed by atoms with van der Waals surface area (Å²) in [5.74, 6) is -2.47. The Morgan fingerprint density at radius 1 is 1.10 bits per heavy atom. The van der Waals surface area contributed by atoms with E-state index in [-0.39, 0.29) is 36.7 Å². The third kappa shape index (κ3) is 7.01. The van der Waals surface area contributed by atoms with Crippen molar-refractivity contribution in [2.24, 2.45) is 18.4 Å². The Morgan fingerprint density at radius 3 is 2.40 bits per heavy atom. The third-order valence-electron chi connectivity index (χ3n) is 7.12. The number of hydrogen-bond acceptors (Lipinski definition) is 4. The van der Waals surface area contributed by atoms with Crippen molar-refractivity contribution in [2.45, 2.75) is 65.2 Å². The number of aryl methyl sites for hydroxylation is 1. The van der Waals surface area contributed by atoms with Crippen LogP contribution in [0, 0.1) is 17.2 Å². The molecular formula is C28H33Cl2F4N5O. The van der Waals surface area contributed by atoms with E-state index in [0.717, 1.165) is 12.1 Å². The van der Waals surface area contributed by atoms with Crippen LogP contribution < -0.4 is 16.0 Å². The molecule has 1 aromatic heterocycles. The first kappa shape index (κ1) is 30.4. The molecule has 40 heavy (non-hydrogen) atoms. The maximum absolute atomic E-state index is 15.0. The van der Waals surface area contributed by atoms with Crippen molar-refractivity contribution in [1.82, 2.24) is 20.2 Å². The van der Waals surface area contributed by atoms with Crippen LogP contribution in [0.2, 0.25) is 10.0 Å². The SMILES string of the molecule is Cn1c(Nc2c(Cl)ccc(CNCC(C)(C)C)c2Cl)nc2cc(C(=O)NC3CCC(C(F)(F)F)CC3)c(F)cc21. The molecule has 1 aliphatic rings. The molecule has 2 aromatic carbocycles. The second-order valence-electron chi connectivity index (χ2n) is 11.6. The molecule has 4 rings (SSSR count). The van der Waals surface area contributed by atoms with Crippen molar-refractivity contribution >= 4 is 51.8 Å². The minimum absolute atomic E-state index is 0.0653. The van der Waals surface area contributed by atoms with Gasteiger partial charge in [0.15, 0.2) is 0 Å². The molecule has 12 heteroatoms. The van der Waals surface area contributed by atoms with Crippen LogP contribution in [0.3, 0.4) is 0 Å². The second-order valence-corrected chi connectivity index (χ2v) is 12.3. The lowest BCUT2D eigenvalue weighted by atomic mass is 9.85. The summed E-state index contributed by atoms with van der Waals surface area (Å²) in [6, 6.07) is 5.67. The smallest absolute Gasteiger partial charge is 0.349 e. The van der Waals surface area contributed by atoms with Gasteiger partial charge in [0.1, 0.15) is 5.82 Å². The number of rotatable bonds is 7. The Labute approximate surface area is 240 Å². The molecule has 0 saturated heterocycles. The largest absolute Gasteiger partial charge is 0.391 e. The highest BCUT2D eigenvalue weighted by Gasteiger charge is 2.41. The molecule has 218 valence electrons. The molecule has 0 bridgehead atoms. The van der Waals surface area contributed by atoms with Gasteiger partial charge >= 0.3 is 6.18 Å². The van der Waals surface area contributed by atoms with Crippen LogP contribution in [0.4, 0.5) is 29.2 Å². The summed E-state index contributed by atoms with van der Waals surface area (Å²) in [6.45, 7) is 7.70. The zero-order valence-electron chi connectivity index (χ0n) is 22.8. The Kier molecular flexibility index (Phi) is 8.92. The van der Waals surface area contributed by atoms with Crippen molar-refractivity contribution in [1.29, 1.82) is 0 Å². The molecule has 0 spiro atoms. The van der Waals surface area contributed by atoms with Crippen LogP contribution in [-0.2, 0) is 13.6 Å². The van der Waals surface area contributed by atoms with Gasteiger partial charge < -0.3 is 20.5 Å². The van der Waals surface area contributed by atoms with Crippen molar-refractivity contribution in [3.63, 3.8) is 0 Å². The van der Waals surface area contributed by atoms with Gasteiger partial charge in [-0.25, -0.2) is 9.37 Å². The molecule has 1 fully saturated rings. The Balaban J connectivity index is 1.52. The number of amides is 1. The summed E-state index contributed by atoms with van der Waals surface area (Å²) < 4.78 is 55.5. The molecule has 0 aliphatic heterocycles. The topological polar surface area (TPSA) is 71.0 Å². The summed E-state index contributed by atoms with van der Waals surface area (Å²) in [4.78, 5) is 17.4. The van der Waals surface area contributed by atoms with Gasteiger partial charge in [-0.2, -0.15) is 13.2 Å². The molecule has 6 nitrogen and oxygen atoms in total. The first-order valence-electron chi connectivity index (χ1n) is 13.1. The number of carbonyl (C=O) groups excluding carboxylic acids is 1. The first-order chi connectivity index (χ1) is 18.6. The molecule has 3 aromatic rings. The zero-order valence-corrected chi connectivity index (χ0v) is 24.3. The normalized spacial score (nSPS) is 18.2. The van der Waals surface area contributed by atoms with Crippen molar-refractivity contribution < 1.29 is 22.4 Å². The number of anilines is 2. The second kappa shape index (κ2) is 11.7. The van der Waals surface area contributed by atoms with E-state index < -0.39 is 29.9 Å². The monoisotopic (exact) mass is 601 g/mol. The number of alkyl halides is 3. The van der Waals surface area contributed by atoms with Gasteiger partial charge in [-0.05, 0) is 48.8 Å². The average Bonchev–Trinajstić information content (AvgIpc) is 3.15. The minimum Gasteiger partial charge on any atom is -0.349 e. The fraction of sp³-hybridized carbons (Fsp3) is 0.500. The van der Waals surface area contributed by atoms with Gasteiger partial charge in [0.05, 0.1) is 38.2 Å². The molecule has 3 N–H and O–H groups in total. The predicted octanol–water partition coefficient (Wildman–Crippen LogP) is 7.75. The molecule has 1 aliphatic carbocycles. The van der Waals surface area contributed by atoms with E-state index in [9.17, 15) is 18.0 Å². The Morgan fingerprint density at radius 2 is 1.77 bits per heavy atom. The summed E-state index contributed by atoms with van der Waals surface area (Å²) in [6.07, 6.45) is -4.00. The maximum atomic E-state index is 15.0. The van der Waals surface area contributed by atoms with Crippen LogP contribution in [0.15, 0.2) is 24.3 Å². The number of benzene rings is 2. The number of nitrogens with zero attached hydrogens (tertiary/aromatic N) is 2. The number of hydrogen-bond donors (Lipinski definition) is 3. The predicted molar refractivity (Wildman–Crippen MR) is 151 cm³/mol. The highest BCUT2D eigenvalue weighted by atomic mass is 35.5. The molecule has 1 saturated carbocycles. The molecule has 0 unspecified atom stereocenters. The fourth-order valence-corrected chi connectivity index (χ4v) is 5.39. The first-order valence-corrected chi connectivity index (χ1v) is 13.9. The molecule has 0 radical (unpaired) electrons. The number of aromatic nitrogens is 2. The van der Waals surface area contributed by atoms with Crippen LogP contribution in [-0.4, -0.2) is 34.2 Å². The van der Waals surface area contributed by atoms with Gasteiger partial charge in [-0.15, -0.1) is 0 Å². The van der Waals surface area contributed by atoms with Crippen molar-refractivity contribution in [3.8, 4) is 0 Å². The lowest BCUT2D eigenvalue weighted by molar-refractivity contribution is -0.182. The molecule has 0 atom stereocenters. The zero-order chi connectivity index (χ0) is 29.4. The number of fused-ring (bicyclic) bond motifs is 1. The van der Waals surface area contributed by atoms with E-state index in [1.807, 2.05) is 6.07 Å². The molecule has 1 heterocycles. The van der Waals surface area contributed by atoms with Gasteiger partial charge in [0.25, 0.3) is 5.91 Å². The van der Waals surface area contributed by atoms with E-state index in [2.05, 4.69) is 41.7 Å². The lowest BCUT2D eigenvalue weighted by Crippen LogP contribution is -2.40. The van der Waals surface area contributed by atoms with Crippen LogP contribution >= 0.6 is 23.2 Å². The van der Waals surface area contributed by atoms with Crippen LogP contribution in [0.5, 0.6) is 0 Å². The fourth-order valence-electron chi connectivity index (χ4n) is 4.86. The Hall–Kier alpha value is -2.56. The highest BCUT2D eigenvalue weighted by Crippen LogP contribution is 2.38. The van der Waals surface area contributed by atoms with Gasteiger partial charge in [-0.1, -0.05) is 50.0 Å². The van der Waals surface area contributed by atoms with E-state index in [4.69, 9.17) is 23.2 Å². The minimum atomic E-state index is -4.24. The summed E-state index contributed by atoms with van der Waals surface area (Å²) in [7, 11) is 1.69. The standard InChI is InChI=1S/C28H33Cl2F4N5O/c1-27(2,3)14-35-13-15-5-10-19(29)24(23(15)30)38-26-37-21-11-18(20(31)12-22(21)39(26)4)25(40)36-17-8-6-16(7-9-17)28(32,33)34/h5,10-12,16-17,35H,6-9,13-14H2,1-4H3,(H,36,40)(H,37,38). The summed E-state index contributed by atoms with van der Waals surface area (Å²) >= 11 is 13.1. The van der Waals surface area contributed by atoms with Crippen LogP contribution in [0.1, 0.15) is 62.4 Å². The van der Waals surface area contributed by atoms with Crippen molar-refractivity contribution in [3.05, 3.63) is 51.3 Å². The average molecular weight is 603 g/mol. The number of imidazole rings is 1. The Bertz CT molecular complexity index is 1390. The van der Waals surface area contributed by atoms with E-state index >= 15 is 4.39 Å². The van der Waals surface area contributed by atoms with Crippen molar-refractivity contribution in [2.75, 3.05) is 11.9 Å². The summed E-state index contributed by atoms with van der Waals surface area (Å²) in [5.41, 5.74) is 1.95. The van der Waals surface area contributed by atoms with Gasteiger partial charge in [0, 0.05) is 32.2 Å². The number of carbonyl (C=O) groups is 1. The van der Waals surface area contributed by atoms with E-state index in [0.29, 0.717) is 39.3 Å². The lowest BCUT2D eigenvalue weighted by Gasteiger charge is -2.30. The van der Waals surface area contributed by atoms with Crippen LogP contribution in [0.25, 0.3) is 11.0 Å². The highest BCUT2D eigenvalue weighted by molar-refractivity contribution is 6.39. The molecule has 1 amide bonds. The maximum Gasteiger partial charge on any atom is 0.391 e. The number of nitrogens with one attached hydrogen (secondary N) is 3. The van der Waals surface area contributed by atoms with E-state index in [1.165, 1.54) is 12.1 Å². The summed E-state index contributed by atoms with van der Waals surface area (Å²) in [5, 5.41) is 10.0. The van der Waals surface area contributed by atoms with Gasteiger partial charge in [0.2, 0.25) is 5.95 Å². The third-order valence-corrected chi connectivity index (χ3v) is 7.86. The van der Waals surface area contributed by atoms with Gasteiger partial charge in [-0.3, -0.25) is 4.79 Å².